The number of ether oxygens (including phenoxy) is 1. The Balaban J connectivity index is 0.00000729. The van der Waals surface area contributed by atoms with Crippen LogP contribution in [0.2, 0.25) is 0 Å². The minimum Gasteiger partial charge on any atom is -0.462 e. The molecule has 0 aliphatic rings. The highest BCUT2D eigenvalue weighted by molar-refractivity contribution is 14.0. The van der Waals surface area contributed by atoms with Gasteiger partial charge in [0.15, 0.2) is 5.96 Å². The first kappa shape index (κ1) is 26.6. The molecular formula is C18H32IN5O3S. The number of carbonyl (C=O) groups excluding carboxylic acids is 2. The fourth-order valence-corrected chi connectivity index (χ4v) is 3.16. The van der Waals surface area contributed by atoms with Gasteiger partial charge in [0, 0.05) is 26.1 Å². The third-order valence-electron chi connectivity index (χ3n) is 3.89. The van der Waals surface area contributed by atoms with Gasteiger partial charge in [0.2, 0.25) is 5.91 Å². The molecule has 1 heterocycles. The normalized spacial score (nSPS) is 13.1. The number of hydrogen-bond acceptors (Lipinski definition) is 6. The van der Waals surface area contributed by atoms with Crippen LogP contribution in [0.4, 0.5) is 0 Å². The molecule has 0 aromatic carbocycles. The van der Waals surface area contributed by atoms with Crippen molar-refractivity contribution < 1.29 is 14.3 Å². The number of aryl methyl sites for hydroxylation is 1. The second-order valence-corrected chi connectivity index (χ2v) is 7.21. The van der Waals surface area contributed by atoms with Crippen LogP contribution in [0.5, 0.6) is 0 Å². The van der Waals surface area contributed by atoms with Crippen LogP contribution in [-0.4, -0.2) is 49.1 Å². The minimum absolute atomic E-state index is 0. The Morgan fingerprint density at radius 1 is 1.25 bits per heavy atom. The molecule has 10 heteroatoms. The zero-order valence-electron chi connectivity index (χ0n) is 17.4. The summed E-state index contributed by atoms with van der Waals surface area (Å²) in [7, 11) is 1.67. The van der Waals surface area contributed by atoms with E-state index in [1.165, 1.54) is 11.3 Å². The SMILES string of the molecule is CCOC(=O)c1sc(C(C)NC(=NC)NCCC(=O)NC(C)CC)nc1C.I. The number of halogens is 1. The lowest BCUT2D eigenvalue weighted by Gasteiger charge is -2.16. The molecule has 0 bridgehead atoms. The van der Waals surface area contributed by atoms with Gasteiger partial charge in [0.05, 0.1) is 18.3 Å². The highest BCUT2D eigenvalue weighted by Crippen LogP contribution is 2.24. The van der Waals surface area contributed by atoms with Crippen molar-refractivity contribution in [3.8, 4) is 0 Å². The average molecular weight is 525 g/mol. The maximum atomic E-state index is 11.9. The average Bonchev–Trinajstić information content (AvgIpc) is 3.02. The number of aliphatic imine (C=N–C) groups is 1. The van der Waals surface area contributed by atoms with Gasteiger partial charge in [-0.1, -0.05) is 6.92 Å². The Morgan fingerprint density at radius 2 is 1.93 bits per heavy atom. The first-order valence-corrected chi connectivity index (χ1v) is 10.0. The van der Waals surface area contributed by atoms with Crippen molar-refractivity contribution in [2.24, 2.45) is 4.99 Å². The fourth-order valence-electron chi connectivity index (χ4n) is 2.19. The lowest BCUT2D eigenvalue weighted by Crippen LogP contribution is -2.41. The van der Waals surface area contributed by atoms with E-state index in [1.807, 2.05) is 20.8 Å². The van der Waals surface area contributed by atoms with Gasteiger partial charge in [-0.2, -0.15) is 0 Å². The Morgan fingerprint density at radius 3 is 2.50 bits per heavy atom. The van der Waals surface area contributed by atoms with Crippen molar-refractivity contribution in [2.75, 3.05) is 20.2 Å². The van der Waals surface area contributed by atoms with Gasteiger partial charge in [0.25, 0.3) is 0 Å². The molecule has 0 aliphatic carbocycles. The van der Waals surface area contributed by atoms with Crippen LogP contribution in [0, 0.1) is 6.92 Å². The van der Waals surface area contributed by atoms with Crippen LogP contribution >= 0.6 is 35.3 Å². The van der Waals surface area contributed by atoms with E-state index in [9.17, 15) is 9.59 Å². The molecule has 8 nitrogen and oxygen atoms in total. The molecule has 0 saturated heterocycles. The van der Waals surface area contributed by atoms with Gasteiger partial charge in [-0.25, -0.2) is 9.78 Å². The second kappa shape index (κ2) is 13.7. The molecule has 28 heavy (non-hydrogen) atoms. The summed E-state index contributed by atoms with van der Waals surface area (Å²) in [6, 6.07) is 0.0358. The first-order valence-electron chi connectivity index (χ1n) is 9.23. The van der Waals surface area contributed by atoms with E-state index >= 15 is 0 Å². The molecule has 2 unspecified atom stereocenters. The van der Waals surface area contributed by atoms with E-state index in [4.69, 9.17) is 4.74 Å². The molecule has 1 amide bonds. The highest BCUT2D eigenvalue weighted by atomic mass is 127. The largest absolute Gasteiger partial charge is 0.462 e. The lowest BCUT2D eigenvalue weighted by molar-refractivity contribution is -0.121. The zero-order valence-corrected chi connectivity index (χ0v) is 20.6. The summed E-state index contributed by atoms with van der Waals surface area (Å²) < 4.78 is 5.05. The quantitative estimate of drug-likeness (QED) is 0.198. The number of carbonyl (C=O) groups is 2. The van der Waals surface area contributed by atoms with Crippen LogP contribution in [0.1, 0.15) is 67.0 Å². The van der Waals surface area contributed by atoms with Gasteiger partial charge in [-0.3, -0.25) is 9.79 Å². The Labute approximate surface area is 188 Å². The fraction of sp³-hybridized carbons (Fsp3) is 0.667. The van der Waals surface area contributed by atoms with Crippen LogP contribution in [0.25, 0.3) is 0 Å². The van der Waals surface area contributed by atoms with Crippen molar-refractivity contribution in [3.05, 3.63) is 15.6 Å². The van der Waals surface area contributed by atoms with E-state index < -0.39 is 0 Å². The summed E-state index contributed by atoms with van der Waals surface area (Å²) in [5.41, 5.74) is 0.659. The number of hydrogen-bond donors (Lipinski definition) is 3. The summed E-state index contributed by atoms with van der Waals surface area (Å²) in [6.07, 6.45) is 1.27. The Bertz CT molecular complexity index is 666. The lowest BCUT2D eigenvalue weighted by atomic mass is 10.2. The summed E-state index contributed by atoms with van der Waals surface area (Å²) in [4.78, 5) is 32.9. The molecule has 1 aromatic rings. The van der Waals surface area contributed by atoms with E-state index in [2.05, 4.69) is 25.9 Å². The number of aromatic nitrogens is 1. The first-order chi connectivity index (χ1) is 12.8. The molecule has 1 aromatic heterocycles. The summed E-state index contributed by atoms with van der Waals surface area (Å²) >= 11 is 1.31. The van der Waals surface area contributed by atoms with Crippen molar-refractivity contribution in [2.45, 2.75) is 59.5 Å². The van der Waals surface area contributed by atoms with Gasteiger partial charge in [-0.15, -0.1) is 35.3 Å². The standard InChI is InChI=1S/C18H31N5O3S.HI/c1-7-11(3)21-14(24)9-10-20-18(19-6)23-13(5)16-22-12(4)15(27-16)17(25)26-8-2;/h11,13H,7-10H2,1-6H3,(H,21,24)(H2,19,20,23);1H. The number of guanidine groups is 1. The van der Waals surface area contributed by atoms with Crippen LogP contribution in [-0.2, 0) is 9.53 Å². The number of nitrogens with one attached hydrogen (secondary N) is 3. The maximum Gasteiger partial charge on any atom is 0.350 e. The van der Waals surface area contributed by atoms with E-state index in [1.54, 1.807) is 20.9 Å². The number of thiazole rings is 1. The molecule has 1 rings (SSSR count). The van der Waals surface area contributed by atoms with Crippen molar-refractivity contribution in [3.63, 3.8) is 0 Å². The van der Waals surface area contributed by atoms with E-state index in [0.29, 0.717) is 36.1 Å². The van der Waals surface area contributed by atoms with Gasteiger partial charge >= 0.3 is 5.97 Å². The summed E-state index contributed by atoms with van der Waals surface area (Å²) in [6.45, 7) is 10.3. The number of nitrogens with zero attached hydrogens (tertiary/aromatic N) is 2. The highest BCUT2D eigenvalue weighted by Gasteiger charge is 2.20. The maximum absolute atomic E-state index is 11.9. The van der Waals surface area contributed by atoms with Gasteiger partial charge in [0.1, 0.15) is 9.88 Å². The third-order valence-corrected chi connectivity index (χ3v) is 5.21. The number of amides is 1. The molecule has 2 atom stereocenters. The predicted molar refractivity (Wildman–Crippen MR) is 124 cm³/mol. The van der Waals surface area contributed by atoms with Crippen molar-refractivity contribution in [1.82, 2.24) is 20.9 Å². The van der Waals surface area contributed by atoms with Crippen molar-refractivity contribution in [1.29, 1.82) is 0 Å². The number of rotatable bonds is 9. The van der Waals surface area contributed by atoms with Gasteiger partial charge < -0.3 is 20.7 Å². The van der Waals surface area contributed by atoms with E-state index in [0.717, 1.165) is 11.4 Å². The van der Waals surface area contributed by atoms with Crippen LogP contribution < -0.4 is 16.0 Å². The summed E-state index contributed by atoms with van der Waals surface area (Å²) in [5, 5.41) is 10.0. The Kier molecular flexibility index (Phi) is 13.0. The Hall–Kier alpha value is -1.43. The van der Waals surface area contributed by atoms with Crippen LogP contribution in [0.3, 0.4) is 0 Å². The molecule has 0 saturated carbocycles. The molecule has 160 valence electrons. The topological polar surface area (TPSA) is 105 Å². The molecular weight excluding hydrogens is 493 g/mol. The minimum atomic E-state index is -0.347. The second-order valence-electron chi connectivity index (χ2n) is 6.18. The van der Waals surface area contributed by atoms with Crippen LogP contribution in [0.15, 0.2) is 4.99 Å². The predicted octanol–water partition coefficient (Wildman–Crippen LogP) is 2.78. The van der Waals surface area contributed by atoms with Crippen molar-refractivity contribution >= 4 is 53.1 Å². The molecule has 0 aliphatic heterocycles. The smallest absolute Gasteiger partial charge is 0.350 e. The zero-order chi connectivity index (χ0) is 20.4. The van der Waals surface area contributed by atoms with Gasteiger partial charge in [-0.05, 0) is 34.1 Å². The molecule has 0 fully saturated rings. The monoisotopic (exact) mass is 525 g/mol. The molecule has 0 spiro atoms. The molecule has 3 N–H and O–H groups in total. The third kappa shape index (κ3) is 8.72. The van der Waals surface area contributed by atoms with E-state index in [-0.39, 0.29) is 47.9 Å². The number of esters is 1. The summed E-state index contributed by atoms with van der Waals surface area (Å²) in [5.74, 6) is 0.236. The molecule has 0 radical (unpaired) electrons.